The molecule has 3 heterocycles. The number of benzene rings is 1. The second-order valence-electron chi connectivity index (χ2n) is 6.92. The second kappa shape index (κ2) is 7.43. The number of H-pyrrole nitrogens is 1. The lowest BCUT2D eigenvalue weighted by Gasteiger charge is -2.30. The van der Waals surface area contributed by atoms with E-state index >= 15 is 0 Å². The lowest BCUT2D eigenvalue weighted by atomic mass is 9.91. The second-order valence-corrected chi connectivity index (χ2v) is 6.92. The van der Waals surface area contributed by atoms with Gasteiger partial charge in [-0.05, 0) is 36.3 Å². The number of para-hydroxylation sites is 1. The maximum atomic E-state index is 12.4. The van der Waals surface area contributed by atoms with Gasteiger partial charge in [0.15, 0.2) is 0 Å². The summed E-state index contributed by atoms with van der Waals surface area (Å²) in [6, 6.07) is 9.93. The summed E-state index contributed by atoms with van der Waals surface area (Å²) in [5.41, 5.74) is 1.57. The van der Waals surface area contributed by atoms with E-state index in [9.17, 15) is 4.79 Å². The molecule has 0 unspecified atom stereocenters. The lowest BCUT2D eigenvalue weighted by Crippen LogP contribution is -2.34. The Labute approximate surface area is 152 Å². The molecule has 2 N–H and O–H groups in total. The fourth-order valence-corrected chi connectivity index (χ4v) is 3.74. The molecule has 1 atom stereocenters. The smallest absolute Gasteiger partial charge is 0.252 e. The zero-order chi connectivity index (χ0) is 17.9. The van der Waals surface area contributed by atoms with Crippen LogP contribution in [0.1, 0.15) is 30.3 Å². The van der Waals surface area contributed by atoms with Crippen LogP contribution in [-0.2, 0) is 18.3 Å². The van der Waals surface area contributed by atoms with Crippen LogP contribution in [0, 0.1) is 5.92 Å². The zero-order valence-electron chi connectivity index (χ0n) is 14.9. The minimum Gasteiger partial charge on any atom is -0.381 e. The predicted molar refractivity (Wildman–Crippen MR) is 101 cm³/mol. The molecule has 1 aromatic carbocycles. The summed E-state index contributed by atoms with van der Waals surface area (Å²) in [6.07, 6.45) is 5.79. The highest BCUT2D eigenvalue weighted by molar-refractivity contribution is 5.78. The monoisotopic (exact) mass is 352 g/mol. The average Bonchev–Trinajstić information content (AvgIpc) is 3.09. The standard InChI is InChI=1S/C20H24N4O2/c1-24-9-8-21-19(24)18(14-6-10-26-11-7-14)22-13-16-12-15-4-2-3-5-17(15)23-20(16)25/h2-5,8-9,12,14,18,22H,6-7,10-11,13H2,1H3,(H,23,25)/t18-/m1/s1. The van der Waals surface area contributed by atoms with Gasteiger partial charge in [0.1, 0.15) is 5.82 Å². The number of nitrogens with one attached hydrogen (secondary N) is 2. The number of nitrogens with zero attached hydrogens (tertiary/aromatic N) is 2. The van der Waals surface area contributed by atoms with E-state index in [0.717, 1.165) is 48.3 Å². The third-order valence-corrected chi connectivity index (χ3v) is 5.22. The third kappa shape index (κ3) is 3.43. The van der Waals surface area contributed by atoms with Crippen molar-refractivity contribution in [3.8, 4) is 0 Å². The number of hydrogen-bond donors (Lipinski definition) is 2. The Hall–Kier alpha value is -2.44. The molecule has 3 aromatic rings. The van der Waals surface area contributed by atoms with Crippen LogP contribution in [-0.4, -0.2) is 27.7 Å². The van der Waals surface area contributed by atoms with E-state index in [0.29, 0.717) is 12.5 Å². The summed E-state index contributed by atoms with van der Waals surface area (Å²) in [6.45, 7) is 2.07. The molecule has 1 fully saturated rings. The van der Waals surface area contributed by atoms with Crippen molar-refractivity contribution in [2.75, 3.05) is 13.2 Å². The first-order chi connectivity index (χ1) is 12.7. The highest BCUT2D eigenvalue weighted by Crippen LogP contribution is 2.29. The molecule has 1 saturated heterocycles. The van der Waals surface area contributed by atoms with Gasteiger partial charge in [-0.2, -0.15) is 0 Å². The van der Waals surface area contributed by atoms with E-state index in [-0.39, 0.29) is 11.6 Å². The van der Waals surface area contributed by atoms with E-state index in [1.165, 1.54) is 0 Å². The fourth-order valence-electron chi connectivity index (χ4n) is 3.74. The minimum atomic E-state index is -0.0400. The Bertz CT molecular complexity index is 940. The van der Waals surface area contributed by atoms with E-state index in [2.05, 4.69) is 19.9 Å². The Morgan fingerprint density at radius 3 is 2.92 bits per heavy atom. The normalized spacial score (nSPS) is 16.8. The number of hydrogen-bond acceptors (Lipinski definition) is 4. The molecular formula is C20H24N4O2. The fraction of sp³-hybridized carbons (Fsp3) is 0.400. The van der Waals surface area contributed by atoms with Gasteiger partial charge in [-0.15, -0.1) is 0 Å². The number of fused-ring (bicyclic) bond motifs is 1. The van der Waals surface area contributed by atoms with Crippen LogP contribution < -0.4 is 10.9 Å². The molecule has 4 rings (SSSR count). The van der Waals surface area contributed by atoms with Crippen LogP contribution in [0.15, 0.2) is 47.5 Å². The molecular weight excluding hydrogens is 328 g/mol. The molecule has 1 aliphatic rings. The van der Waals surface area contributed by atoms with Crippen molar-refractivity contribution >= 4 is 10.9 Å². The summed E-state index contributed by atoms with van der Waals surface area (Å²) in [5, 5.41) is 4.64. The van der Waals surface area contributed by atoms with Crippen molar-refractivity contribution in [1.29, 1.82) is 0 Å². The van der Waals surface area contributed by atoms with Gasteiger partial charge >= 0.3 is 0 Å². The van der Waals surface area contributed by atoms with Crippen molar-refractivity contribution in [2.45, 2.75) is 25.4 Å². The maximum absolute atomic E-state index is 12.4. The first kappa shape index (κ1) is 17.0. The molecule has 0 amide bonds. The van der Waals surface area contributed by atoms with Crippen LogP contribution in [0.5, 0.6) is 0 Å². The van der Waals surface area contributed by atoms with Gasteiger partial charge in [-0.1, -0.05) is 18.2 Å². The number of aryl methyl sites for hydroxylation is 1. The van der Waals surface area contributed by atoms with Crippen LogP contribution >= 0.6 is 0 Å². The molecule has 6 nitrogen and oxygen atoms in total. The molecule has 26 heavy (non-hydrogen) atoms. The van der Waals surface area contributed by atoms with E-state index < -0.39 is 0 Å². The Morgan fingerprint density at radius 2 is 2.15 bits per heavy atom. The number of imidazole rings is 1. The van der Waals surface area contributed by atoms with Crippen molar-refractivity contribution in [1.82, 2.24) is 19.9 Å². The molecule has 0 saturated carbocycles. The van der Waals surface area contributed by atoms with Crippen LogP contribution in [0.4, 0.5) is 0 Å². The number of ether oxygens (including phenoxy) is 1. The summed E-state index contributed by atoms with van der Waals surface area (Å²) < 4.78 is 7.57. The Kier molecular flexibility index (Phi) is 4.86. The van der Waals surface area contributed by atoms with Crippen LogP contribution in [0.3, 0.4) is 0 Å². The number of aromatic amines is 1. The molecule has 6 heteroatoms. The molecule has 0 bridgehead atoms. The van der Waals surface area contributed by atoms with Gasteiger partial charge < -0.3 is 19.6 Å². The van der Waals surface area contributed by atoms with Gasteiger partial charge in [0.25, 0.3) is 5.56 Å². The first-order valence-corrected chi connectivity index (χ1v) is 9.11. The van der Waals surface area contributed by atoms with Crippen molar-refractivity contribution in [3.63, 3.8) is 0 Å². The van der Waals surface area contributed by atoms with E-state index in [1.54, 1.807) is 0 Å². The molecule has 2 aromatic heterocycles. The van der Waals surface area contributed by atoms with Crippen molar-refractivity contribution in [3.05, 3.63) is 64.5 Å². The van der Waals surface area contributed by atoms with Gasteiger partial charge in [0.2, 0.25) is 0 Å². The highest BCUT2D eigenvalue weighted by Gasteiger charge is 2.28. The van der Waals surface area contributed by atoms with Gasteiger partial charge in [-0.25, -0.2) is 4.98 Å². The Balaban J connectivity index is 1.59. The average molecular weight is 352 g/mol. The quantitative estimate of drug-likeness (QED) is 0.740. The van der Waals surface area contributed by atoms with Gasteiger partial charge in [0.05, 0.1) is 6.04 Å². The number of pyridine rings is 1. The molecule has 136 valence electrons. The van der Waals surface area contributed by atoms with Gasteiger partial charge in [0, 0.05) is 50.3 Å². The molecule has 0 aliphatic carbocycles. The molecule has 0 spiro atoms. The summed E-state index contributed by atoms with van der Waals surface area (Å²) >= 11 is 0. The van der Waals surface area contributed by atoms with Crippen LogP contribution in [0.2, 0.25) is 0 Å². The number of rotatable bonds is 5. The molecule has 0 radical (unpaired) electrons. The summed E-state index contributed by atoms with van der Waals surface area (Å²) in [4.78, 5) is 20.0. The first-order valence-electron chi connectivity index (χ1n) is 9.11. The van der Waals surface area contributed by atoms with Crippen molar-refractivity contribution < 1.29 is 4.74 Å². The van der Waals surface area contributed by atoms with Crippen LogP contribution in [0.25, 0.3) is 10.9 Å². The largest absolute Gasteiger partial charge is 0.381 e. The van der Waals surface area contributed by atoms with Gasteiger partial charge in [-0.3, -0.25) is 4.79 Å². The maximum Gasteiger partial charge on any atom is 0.252 e. The van der Waals surface area contributed by atoms with E-state index in [1.807, 2.05) is 49.8 Å². The number of aromatic nitrogens is 3. The van der Waals surface area contributed by atoms with E-state index in [4.69, 9.17) is 4.74 Å². The summed E-state index contributed by atoms with van der Waals surface area (Å²) in [5.74, 6) is 1.46. The minimum absolute atomic E-state index is 0.0400. The lowest BCUT2D eigenvalue weighted by molar-refractivity contribution is 0.0518. The summed E-state index contributed by atoms with van der Waals surface area (Å²) in [7, 11) is 2.01. The Morgan fingerprint density at radius 1 is 1.35 bits per heavy atom. The SMILES string of the molecule is Cn1ccnc1[C@H](NCc1cc2ccccc2[nH]c1=O)C1CCOCC1. The molecule has 1 aliphatic heterocycles. The zero-order valence-corrected chi connectivity index (χ0v) is 14.9. The predicted octanol–water partition coefficient (Wildman–Crippen LogP) is 2.52. The van der Waals surface area contributed by atoms with Crippen molar-refractivity contribution in [2.24, 2.45) is 13.0 Å². The topological polar surface area (TPSA) is 71.9 Å². The third-order valence-electron chi connectivity index (χ3n) is 5.22. The highest BCUT2D eigenvalue weighted by atomic mass is 16.5.